The molecular weight excluding hydrogens is 458 g/mol. The van der Waals surface area contributed by atoms with Gasteiger partial charge in [-0.3, -0.25) is 4.90 Å². The normalized spacial score (nSPS) is 14.2. The molecule has 0 saturated carbocycles. The van der Waals surface area contributed by atoms with Crippen LogP contribution < -0.4 is 19.7 Å². The van der Waals surface area contributed by atoms with Gasteiger partial charge in [0.15, 0.2) is 11.5 Å². The van der Waals surface area contributed by atoms with Gasteiger partial charge >= 0.3 is 0 Å². The fraction of sp³-hybridized carbons (Fsp3) is 0.379. The third-order valence-electron chi connectivity index (χ3n) is 6.45. The third kappa shape index (κ3) is 7.89. The summed E-state index contributed by atoms with van der Waals surface area (Å²) in [6.07, 6.45) is 2.06. The first-order valence-electron chi connectivity index (χ1n) is 12.5. The van der Waals surface area contributed by atoms with E-state index in [1.807, 2.05) is 18.2 Å². The standard InChI is InChI=1S/C29H36ClN3O2/c1-34-29-22-24(6-5-15-31-23-25-9-12-26(30)13-10-25)11-14-28(29)35-21-20-32-16-18-33(19-17-32)27-7-3-2-4-8-27/h2-4,7-14,22,31H,5-6,15-21,23H2,1H3. The van der Waals surface area contributed by atoms with Crippen molar-refractivity contribution in [1.29, 1.82) is 0 Å². The van der Waals surface area contributed by atoms with Crippen LogP contribution in [0.2, 0.25) is 5.02 Å². The molecule has 1 aliphatic heterocycles. The van der Waals surface area contributed by atoms with E-state index >= 15 is 0 Å². The van der Waals surface area contributed by atoms with Crippen molar-refractivity contribution in [2.24, 2.45) is 0 Å². The van der Waals surface area contributed by atoms with Crippen molar-refractivity contribution in [2.45, 2.75) is 19.4 Å². The Balaban J connectivity index is 1.15. The van der Waals surface area contributed by atoms with Crippen LogP contribution >= 0.6 is 11.6 Å². The first-order valence-corrected chi connectivity index (χ1v) is 12.9. The lowest BCUT2D eigenvalue weighted by molar-refractivity contribution is 0.197. The first kappa shape index (κ1) is 25.4. The Morgan fingerprint density at radius 1 is 0.857 bits per heavy atom. The topological polar surface area (TPSA) is 37.0 Å². The summed E-state index contributed by atoms with van der Waals surface area (Å²) in [6.45, 7) is 7.62. The molecule has 0 aromatic heterocycles. The quantitative estimate of drug-likeness (QED) is 0.348. The third-order valence-corrected chi connectivity index (χ3v) is 6.70. The van der Waals surface area contributed by atoms with Gasteiger partial charge in [0, 0.05) is 50.0 Å². The lowest BCUT2D eigenvalue weighted by atomic mass is 10.1. The van der Waals surface area contributed by atoms with E-state index in [9.17, 15) is 0 Å². The van der Waals surface area contributed by atoms with Gasteiger partial charge in [-0.1, -0.05) is 48.0 Å². The van der Waals surface area contributed by atoms with Gasteiger partial charge in [-0.25, -0.2) is 0 Å². The highest BCUT2D eigenvalue weighted by molar-refractivity contribution is 6.30. The van der Waals surface area contributed by atoms with Gasteiger partial charge in [0.2, 0.25) is 0 Å². The van der Waals surface area contributed by atoms with E-state index in [2.05, 4.69) is 69.7 Å². The highest BCUT2D eigenvalue weighted by atomic mass is 35.5. The summed E-state index contributed by atoms with van der Waals surface area (Å²) in [7, 11) is 1.71. The molecule has 1 fully saturated rings. The number of ether oxygens (including phenoxy) is 2. The van der Waals surface area contributed by atoms with Crippen LogP contribution in [0.1, 0.15) is 17.5 Å². The van der Waals surface area contributed by atoms with Crippen LogP contribution in [0.4, 0.5) is 5.69 Å². The van der Waals surface area contributed by atoms with Gasteiger partial charge in [-0.15, -0.1) is 0 Å². The number of anilines is 1. The number of rotatable bonds is 12. The van der Waals surface area contributed by atoms with Crippen LogP contribution in [0, 0.1) is 0 Å². The molecule has 0 radical (unpaired) electrons. The molecular formula is C29H36ClN3O2. The maximum atomic E-state index is 6.10. The van der Waals surface area contributed by atoms with E-state index in [0.717, 1.165) is 75.2 Å². The Labute approximate surface area is 214 Å². The first-order chi connectivity index (χ1) is 17.2. The van der Waals surface area contributed by atoms with Crippen LogP contribution in [0.15, 0.2) is 72.8 Å². The molecule has 0 atom stereocenters. The molecule has 0 amide bonds. The smallest absolute Gasteiger partial charge is 0.161 e. The fourth-order valence-corrected chi connectivity index (χ4v) is 4.52. The summed E-state index contributed by atoms with van der Waals surface area (Å²) >= 11 is 5.94. The van der Waals surface area contributed by atoms with Crippen LogP contribution in [0.5, 0.6) is 11.5 Å². The average Bonchev–Trinajstić information content (AvgIpc) is 2.91. The number of benzene rings is 3. The molecule has 0 aliphatic carbocycles. The zero-order chi connectivity index (χ0) is 24.3. The maximum Gasteiger partial charge on any atom is 0.161 e. The van der Waals surface area contributed by atoms with Gasteiger partial charge in [-0.2, -0.15) is 0 Å². The average molecular weight is 494 g/mol. The number of nitrogens with one attached hydrogen (secondary N) is 1. The molecule has 1 aliphatic rings. The van der Waals surface area contributed by atoms with E-state index < -0.39 is 0 Å². The molecule has 1 saturated heterocycles. The molecule has 0 bridgehead atoms. The number of piperazine rings is 1. The monoisotopic (exact) mass is 493 g/mol. The maximum absolute atomic E-state index is 6.10. The van der Waals surface area contributed by atoms with Crippen molar-refractivity contribution in [3.05, 3.63) is 88.9 Å². The summed E-state index contributed by atoms with van der Waals surface area (Å²) < 4.78 is 11.7. The van der Waals surface area contributed by atoms with Gasteiger partial charge in [-0.05, 0) is 66.9 Å². The summed E-state index contributed by atoms with van der Waals surface area (Å²) in [5, 5.41) is 4.27. The van der Waals surface area contributed by atoms with E-state index in [0.29, 0.717) is 6.61 Å². The number of hydrogen-bond acceptors (Lipinski definition) is 5. The van der Waals surface area contributed by atoms with Gasteiger partial charge in [0.25, 0.3) is 0 Å². The van der Waals surface area contributed by atoms with E-state index in [-0.39, 0.29) is 0 Å². The van der Waals surface area contributed by atoms with Crippen molar-refractivity contribution in [3.63, 3.8) is 0 Å². The van der Waals surface area contributed by atoms with Crippen LogP contribution in [-0.4, -0.2) is 57.9 Å². The summed E-state index contributed by atoms with van der Waals surface area (Å²) in [6, 6.07) is 24.9. The molecule has 5 nitrogen and oxygen atoms in total. The molecule has 35 heavy (non-hydrogen) atoms. The van der Waals surface area contributed by atoms with E-state index in [1.54, 1.807) is 7.11 Å². The number of nitrogens with zero attached hydrogens (tertiary/aromatic N) is 2. The lowest BCUT2D eigenvalue weighted by Crippen LogP contribution is -2.47. The molecule has 186 valence electrons. The number of methoxy groups -OCH3 is 1. The fourth-order valence-electron chi connectivity index (χ4n) is 4.39. The molecule has 3 aromatic rings. The van der Waals surface area contributed by atoms with Crippen molar-refractivity contribution < 1.29 is 9.47 Å². The van der Waals surface area contributed by atoms with E-state index in [1.165, 1.54) is 16.8 Å². The number of halogens is 1. The van der Waals surface area contributed by atoms with Crippen LogP contribution in [-0.2, 0) is 13.0 Å². The minimum Gasteiger partial charge on any atom is -0.493 e. The molecule has 0 unspecified atom stereocenters. The Hall–Kier alpha value is -2.73. The van der Waals surface area contributed by atoms with Crippen LogP contribution in [0.3, 0.4) is 0 Å². The van der Waals surface area contributed by atoms with Gasteiger partial charge < -0.3 is 19.7 Å². The Morgan fingerprint density at radius 2 is 1.60 bits per heavy atom. The minimum absolute atomic E-state index is 0.662. The minimum atomic E-state index is 0.662. The predicted molar refractivity (Wildman–Crippen MR) is 145 cm³/mol. The predicted octanol–water partition coefficient (Wildman–Crippen LogP) is 5.27. The Kier molecular flexibility index (Phi) is 9.70. The zero-order valence-electron chi connectivity index (χ0n) is 20.6. The molecule has 3 aromatic carbocycles. The van der Waals surface area contributed by atoms with Crippen molar-refractivity contribution in [3.8, 4) is 11.5 Å². The van der Waals surface area contributed by atoms with Crippen molar-refractivity contribution in [1.82, 2.24) is 10.2 Å². The largest absolute Gasteiger partial charge is 0.493 e. The number of hydrogen-bond donors (Lipinski definition) is 1. The van der Waals surface area contributed by atoms with Gasteiger partial charge in [0.05, 0.1) is 7.11 Å². The molecule has 4 rings (SSSR count). The SMILES string of the molecule is COc1cc(CCCNCc2ccc(Cl)cc2)ccc1OCCN1CCN(c2ccccc2)CC1. The Morgan fingerprint density at radius 3 is 2.34 bits per heavy atom. The summed E-state index contributed by atoms with van der Waals surface area (Å²) in [5.74, 6) is 1.63. The van der Waals surface area contributed by atoms with Gasteiger partial charge in [0.1, 0.15) is 6.61 Å². The molecule has 6 heteroatoms. The van der Waals surface area contributed by atoms with E-state index in [4.69, 9.17) is 21.1 Å². The highest BCUT2D eigenvalue weighted by Gasteiger charge is 2.17. The lowest BCUT2D eigenvalue weighted by Gasteiger charge is -2.36. The number of aryl methyl sites for hydroxylation is 1. The molecule has 1 N–H and O–H groups in total. The molecule has 0 spiro atoms. The second-order valence-corrected chi connectivity index (χ2v) is 9.34. The van der Waals surface area contributed by atoms with Crippen molar-refractivity contribution >= 4 is 17.3 Å². The second kappa shape index (κ2) is 13.4. The summed E-state index contributed by atoms with van der Waals surface area (Å²) in [4.78, 5) is 4.92. The summed E-state index contributed by atoms with van der Waals surface area (Å²) in [5.41, 5.74) is 3.82. The Bertz CT molecular complexity index is 1020. The second-order valence-electron chi connectivity index (χ2n) is 8.90. The number of para-hydroxylation sites is 1. The van der Waals surface area contributed by atoms with Crippen molar-refractivity contribution in [2.75, 3.05) is 57.9 Å². The molecule has 1 heterocycles. The zero-order valence-corrected chi connectivity index (χ0v) is 21.3. The van der Waals surface area contributed by atoms with Crippen LogP contribution in [0.25, 0.3) is 0 Å². The highest BCUT2D eigenvalue weighted by Crippen LogP contribution is 2.28.